The highest BCUT2D eigenvalue weighted by atomic mass is 32.2. The number of benzene rings is 2. The molecule has 30 heavy (non-hydrogen) atoms. The number of nitrogens with zero attached hydrogens (tertiary/aromatic N) is 3. The summed E-state index contributed by atoms with van der Waals surface area (Å²) in [5.74, 6) is 0.391. The number of carbonyl (C=O) groups is 1. The molecule has 0 saturated carbocycles. The Morgan fingerprint density at radius 2 is 1.83 bits per heavy atom. The molecule has 0 aliphatic rings. The van der Waals surface area contributed by atoms with Crippen molar-refractivity contribution in [3.8, 4) is 11.4 Å². The minimum atomic E-state index is -3.45. The maximum Gasteiger partial charge on any atom is 0.251 e. The number of amides is 1. The van der Waals surface area contributed by atoms with E-state index >= 15 is 0 Å². The molecule has 0 unspecified atom stereocenters. The van der Waals surface area contributed by atoms with E-state index in [9.17, 15) is 13.2 Å². The summed E-state index contributed by atoms with van der Waals surface area (Å²) in [6.45, 7) is 5.78. The summed E-state index contributed by atoms with van der Waals surface area (Å²) >= 11 is 0. The van der Waals surface area contributed by atoms with E-state index in [1.807, 2.05) is 31.2 Å². The number of hydrogen-bond acceptors (Lipinski definition) is 6. The lowest BCUT2D eigenvalue weighted by Crippen LogP contribution is -2.30. The molecule has 3 rings (SSSR count). The molecule has 0 radical (unpaired) electrons. The van der Waals surface area contributed by atoms with Crippen molar-refractivity contribution in [1.29, 1.82) is 0 Å². The van der Waals surface area contributed by atoms with Gasteiger partial charge in [0.2, 0.25) is 21.7 Å². The zero-order valence-electron chi connectivity index (χ0n) is 16.7. The van der Waals surface area contributed by atoms with Crippen molar-refractivity contribution in [2.75, 3.05) is 17.1 Å². The van der Waals surface area contributed by atoms with Crippen molar-refractivity contribution in [2.45, 2.75) is 13.5 Å². The van der Waals surface area contributed by atoms with E-state index in [4.69, 9.17) is 4.52 Å². The van der Waals surface area contributed by atoms with Crippen LogP contribution in [0, 0.1) is 6.92 Å². The predicted octanol–water partition coefficient (Wildman–Crippen LogP) is 2.93. The lowest BCUT2D eigenvalue weighted by molar-refractivity contribution is 0.0946. The van der Waals surface area contributed by atoms with E-state index in [0.29, 0.717) is 17.1 Å². The number of carbonyl (C=O) groups excluding carboxylic acids is 1. The van der Waals surface area contributed by atoms with Gasteiger partial charge in [0.15, 0.2) is 0 Å². The fourth-order valence-corrected chi connectivity index (χ4v) is 3.61. The minimum absolute atomic E-state index is 0.0748. The number of hydrogen-bond donors (Lipinski definition) is 1. The Bertz CT molecular complexity index is 1140. The molecule has 9 heteroatoms. The second-order valence-corrected chi connectivity index (χ2v) is 8.60. The van der Waals surface area contributed by atoms with Gasteiger partial charge in [-0.15, -0.1) is 6.58 Å². The molecule has 0 bridgehead atoms. The van der Waals surface area contributed by atoms with Crippen molar-refractivity contribution in [3.05, 3.63) is 78.2 Å². The number of rotatable bonds is 8. The maximum absolute atomic E-state index is 12.4. The van der Waals surface area contributed by atoms with Crippen LogP contribution < -0.4 is 9.62 Å². The second-order valence-electron chi connectivity index (χ2n) is 6.69. The first-order chi connectivity index (χ1) is 14.3. The molecular formula is C21H22N4O4S. The van der Waals surface area contributed by atoms with E-state index in [2.05, 4.69) is 22.0 Å². The topological polar surface area (TPSA) is 105 Å². The van der Waals surface area contributed by atoms with Crippen LogP contribution in [0.1, 0.15) is 21.8 Å². The Hall–Kier alpha value is -3.46. The summed E-state index contributed by atoms with van der Waals surface area (Å²) in [7, 11) is -3.45. The number of nitrogens with one attached hydrogen (secondary N) is 1. The third-order valence-corrected chi connectivity index (χ3v) is 5.45. The highest BCUT2D eigenvalue weighted by Crippen LogP contribution is 2.19. The molecule has 1 amide bonds. The molecule has 1 aromatic heterocycles. The van der Waals surface area contributed by atoms with Gasteiger partial charge in [-0.25, -0.2) is 8.42 Å². The molecule has 1 N–H and O–H groups in total. The largest absolute Gasteiger partial charge is 0.343 e. The van der Waals surface area contributed by atoms with Gasteiger partial charge in [0.25, 0.3) is 5.91 Å². The summed E-state index contributed by atoms with van der Waals surface area (Å²) in [6.07, 6.45) is 2.61. The lowest BCUT2D eigenvalue weighted by Gasteiger charge is -2.20. The van der Waals surface area contributed by atoms with Crippen molar-refractivity contribution < 1.29 is 17.7 Å². The lowest BCUT2D eigenvalue weighted by atomic mass is 10.1. The minimum Gasteiger partial charge on any atom is -0.343 e. The molecule has 8 nitrogen and oxygen atoms in total. The highest BCUT2D eigenvalue weighted by molar-refractivity contribution is 7.92. The molecule has 0 atom stereocenters. The van der Waals surface area contributed by atoms with E-state index in [-0.39, 0.29) is 24.9 Å². The molecule has 3 aromatic rings. The van der Waals surface area contributed by atoms with Crippen molar-refractivity contribution in [3.63, 3.8) is 0 Å². The quantitative estimate of drug-likeness (QED) is 0.555. The molecule has 156 valence electrons. The van der Waals surface area contributed by atoms with Gasteiger partial charge >= 0.3 is 0 Å². The smallest absolute Gasteiger partial charge is 0.251 e. The third kappa shape index (κ3) is 5.12. The van der Waals surface area contributed by atoms with Crippen LogP contribution in [-0.4, -0.2) is 37.3 Å². The number of aromatic nitrogens is 2. The fourth-order valence-electron chi connectivity index (χ4n) is 2.73. The zero-order chi connectivity index (χ0) is 21.7. The van der Waals surface area contributed by atoms with Crippen molar-refractivity contribution in [1.82, 2.24) is 15.5 Å². The molecular weight excluding hydrogens is 404 g/mol. The summed E-state index contributed by atoms with van der Waals surface area (Å²) < 4.78 is 30.2. The molecule has 1 heterocycles. The zero-order valence-corrected chi connectivity index (χ0v) is 17.5. The van der Waals surface area contributed by atoms with Crippen molar-refractivity contribution >= 4 is 21.6 Å². The monoisotopic (exact) mass is 426 g/mol. The van der Waals surface area contributed by atoms with Gasteiger partial charge in [-0.1, -0.05) is 41.1 Å². The standard InChI is InChI=1S/C21H22N4O4S/c1-4-13-25(30(3,27)28)18-11-9-17(10-12-18)21(26)22-14-19-23-20(24-29-19)16-7-5-15(2)6-8-16/h4-12H,1,13-14H2,2-3H3,(H,22,26). The Labute approximate surface area is 175 Å². The highest BCUT2D eigenvalue weighted by Gasteiger charge is 2.17. The van der Waals surface area contributed by atoms with Crippen molar-refractivity contribution in [2.24, 2.45) is 0 Å². The molecule has 0 saturated heterocycles. The van der Waals surface area contributed by atoms with Crippen LogP contribution in [0.15, 0.2) is 65.7 Å². The van der Waals surface area contributed by atoms with Gasteiger partial charge in [-0.3, -0.25) is 9.10 Å². The molecule has 0 aliphatic heterocycles. The molecule has 0 spiro atoms. The Morgan fingerprint density at radius 1 is 1.17 bits per heavy atom. The Balaban J connectivity index is 1.64. The summed E-state index contributed by atoms with van der Waals surface area (Å²) in [5, 5.41) is 6.64. The van der Waals surface area contributed by atoms with Crippen LogP contribution in [0.3, 0.4) is 0 Å². The average molecular weight is 426 g/mol. The average Bonchev–Trinajstić information content (AvgIpc) is 3.19. The van der Waals surface area contributed by atoms with E-state index in [1.165, 1.54) is 10.4 Å². The second kappa shape index (κ2) is 8.91. The fraction of sp³-hybridized carbons (Fsp3) is 0.190. The van der Waals surface area contributed by atoms with Crippen LogP contribution in [0.4, 0.5) is 5.69 Å². The van der Waals surface area contributed by atoms with Gasteiger partial charge in [0.1, 0.15) is 0 Å². The summed E-state index contributed by atoms with van der Waals surface area (Å²) in [4.78, 5) is 16.7. The Kier molecular flexibility index (Phi) is 6.31. The van der Waals surface area contributed by atoms with Crippen LogP contribution in [0.25, 0.3) is 11.4 Å². The van der Waals surface area contributed by atoms with Gasteiger partial charge in [-0.05, 0) is 31.2 Å². The van der Waals surface area contributed by atoms with Gasteiger partial charge in [0, 0.05) is 11.1 Å². The predicted molar refractivity (Wildman–Crippen MR) is 114 cm³/mol. The number of sulfonamides is 1. The van der Waals surface area contributed by atoms with Crippen LogP contribution >= 0.6 is 0 Å². The first-order valence-corrected chi connectivity index (χ1v) is 11.0. The normalized spacial score (nSPS) is 11.1. The molecule has 0 aliphatic carbocycles. The number of aryl methyl sites for hydroxylation is 1. The van der Waals surface area contributed by atoms with Gasteiger partial charge in [0.05, 0.1) is 25.0 Å². The van der Waals surface area contributed by atoms with E-state index in [0.717, 1.165) is 17.4 Å². The third-order valence-electron chi connectivity index (χ3n) is 4.29. The number of anilines is 1. The summed E-state index contributed by atoms with van der Waals surface area (Å²) in [6, 6.07) is 14.0. The maximum atomic E-state index is 12.4. The van der Waals surface area contributed by atoms with Crippen LogP contribution in [0.2, 0.25) is 0 Å². The van der Waals surface area contributed by atoms with Crippen LogP contribution in [-0.2, 0) is 16.6 Å². The first-order valence-electron chi connectivity index (χ1n) is 9.14. The summed E-state index contributed by atoms with van der Waals surface area (Å²) in [5.41, 5.74) is 2.79. The van der Waals surface area contributed by atoms with E-state index < -0.39 is 10.0 Å². The first kappa shape index (κ1) is 21.3. The SMILES string of the molecule is C=CCN(c1ccc(C(=O)NCc2nc(-c3ccc(C)cc3)no2)cc1)S(C)(=O)=O. The Morgan fingerprint density at radius 3 is 2.43 bits per heavy atom. The van der Waals surface area contributed by atoms with Crippen LogP contribution in [0.5, 0.6) is 0 Å². The van der Waals surface area contributed by atoms with Gasteiger partial charge in [-0.2, -0.15) is 4.98 Å². The molecule has 0 fully saturated rings. The van der Waals surface area contributed by atoms with Gasteiger partial charge < -0.3 is 9.84 Å². The molecule has 2 aromatic carbocycles. The van der Waals surface area contributed by atoms with E-state index in [1.54, 1.807) is 24.3 Å².